The minimum absolute atomic E-state index is 0.0370. The summed E-state index contributed by atoms with van der Waals surface area (Å²) in [6.45, 7) is 1.99. The normalized spacial score (nSPS) is 12.5. The van der Waals surface area contributed by atoms with Crippen LogP contribution in [-0.4, -0.2) is 17.0 Å². The molecule has 0 fully saturated rings. The fraction of sp³-hybridized carbons (Fsp3) is 0.0833. The molecule has 0 radical (unpaired) electrons. The number of carbonyl (C=O) groups is 2. The van der Waals surface area contributed by atoms with Crippen molar-refractivity contribution in [2.45, 2.75) is 13.5 Å². The molecule has 1 amide bonds. The summed E-state index contributed by atoms with van der Waals surface area (Å²) in [6.07, 6.45) is 4.05. The Morgan fingerprint density at radius 2 is 1.61 bits per heavy atom. The fourth-order valence-corrected chi connectivity index (χ4v) is 3.58. The molecular weight excluding hydrogens is 350 g/mol. The highest BCUT2D eigenvalue weighted by Crippen LogP contribution is 2.32. The van der Waals surface area contributed by atoms with Crippen LogP contribution in [0.15, 0.2) is 66.7 Å². The number of anilines is 1. The van der Waals surface area contributed by atoms with Gasteiger partial charge >= 0.3 is 5.97 Å². The first-order valence-corrected chi connectivity index (χ1v) is 9.05. The molecule has 1 N–H and O–H groups in total. The summed E-state index contributed by atoms with van der Waals surface area (Å²) < 4.78 is 0. The number of carbonyl (C=O) groups excluding carboxylic acids is 1. The number of hydrogen-bond donors (Lipinski definition) is 1. The zero-order valence-corrected chi connectivity index (χ0v) is 15.4. The average molecular weight is 369 g/mol. The predicted octanol–water partition coefficient (Wildman–Crippen LogP) is 5.09. The number of rotatable bonds is 2. The number of fused-ring (bicyclic) bond motifs is 2. The van der Waals surface area contributed by atoms with Gasteiger partial charge in [-0.2, -0.15) is 0 Å². The van der Waals surface area contributed by atoms with Gasteiger partial charge in [0.15, 0.2) is 0 Å². The van der Waals surface area contributed by atoms with Crippen molar-refractivity contribution in [2.75, 3.05) is 4.90 Å². The Balaban J connectivity index is 1.85. The molecule has 0 atom stereocenters. The van der Waals surface area contributed by atoms with Gasteiger partial charge in [-0.25, -0.2) is 4.79 Å². The number of nitrogens with zero attached hydrogens (tertiary/aromatic N) is 1. The molecule has 0 spiro atoms. The third kappa shape index (κ3) is 3.21. The number of aromatic carboxylic acids is 1. The van der Waals surface area contributed by atoms with Crippen LogP contribution in [0.2, 0.25) is 0 Å². The molecule has 0 bridgehead atoms. The van der Waals surface area contributed by atoms with E-state index in [-0.39, 0.29) is 11.5 Å². The first kappa shape index (κ1) is 17.7. The van der Waals surface area contributed by atoms with Crippen LogP contribution in [0.25, 0.3) is 23.3 Å². The molecule has 1 aliphatic rings. The summed E-state index contributed by atoms with van der Waals surface area (Å²) in [6, 6.07) is 20.6. The summed E-state index contributed by atoms with van der Waals surface area (Å²) in [7, 11) is 0. The van der Waals surface area contributed by atoms with E-state index in [9.17, 15) is 14.7 Å². The lowest BCUT2D eigenvalue weighted by molar-refractivity contribution is -0.116. The zero-order chi connectivity index (χ0) is 19.7. The molecule has 138 valence electrons. The topological polar surface area (TPSA) is 57.6 Å². The summed E-state index contributed by atoms with van der Waals surface area (Å²) in [5, 5.41) is 9.51. The second-order valence-electron chi connectivity index (χ2n) is 6.76. The van der Waals surface area contributed by atoms with Crippen LogP contribution in [0.5, 0.6) is 0 Å². The number of amides is 1. The maximum atomic E-state index is 12.4. The van der Waals surface area contributed by atoms with Crippen molar-refractivity contribution in [1.82, 2.24) is 0 Å². The highest BCUT2D eigenvalue weighted by Gasteiger charge is 2.19. The quantitative estimate of drug-likeness (QED) is 0.685. The minimum atomic E-state index is -0.957. The summed E-state index contributed by atoms with van der Waals surface area (Å²) >= 11 is 0. The molecular formula is C24H19NO3. The fourth-order valence-electron chi connectivity index (χ4n) is 3.58. The van der Waals surface area contributed by atoms with Gasteiger partial charge in [0.25, 0.3) is 0 Å². The van der Waals surface area contributed by atoms with E-state index in [0.29, 0.717) is 12.1 Å². The van der Waals surface area contributed by atoms with Gasteiger partial charge in [0.2, 0.25) is 5.91 Å². The molecule has 0 unspecified atom stereocenters. The maximum absolute atomic E-state index is 12.4. The van der Waals surface area contributed by atoms with Gasteiger partial charge in [0.1, 0.15) is 0 Å². The van der Waals surface area contributed by atoms with Crippen molar-refractivity contribution in [3.8, 4) is 11.1 Å². The van der Waals surface area contributed by atoms with E-state index in [1.807, 2.05) is 66.7 Å². The molecule has 0 saturated carbocycles. The first-order valence-electron chi connectivity index (χ1n) is 9.05. The van der Waals surface area contributed by atoms with Crippen LogP contribution >= 0.6 is 0 Å². The zero-order valence-electron chi connectivity index (χ0n) is 15.4. The third-order valence-electron chi connectivity index (χ3n) is 4.99. The Bertz CT molecular complexity index is 1110. The van der Waals surface area contributed by atoms with Gasteiger partial charge in [-0.1, -0.05) is 60.7 Å². The van der Waals surface area contributed by atoms with E-state index in [4.69, 9.17) is 0 Å². The van der Waals surface area contributed by atoms with Gasteiger partial charge in [0, 0.05) is 6.92 Å². The smallest absolute Gasteiger partial charge is 0.336 e. The van der Waals surface area contributed by atoms with E-state index in [1.54, 1.807) is 24.0 Å². The Kier molecular flexibility index (Phi) is 4.53. The molecule has 0 saturated heterocycles. The molecule has 1 heterocycles. The summed E-state index contributed by atoms with van der Waals surface area (Å²) in [5.74, 6) is -0.994. The lowest BCUT2D eigenvalue weighted by Gasteiger charge is -2.26. The molecule has 28 heavy (non-hydrogen) atoms. The maximum Gasteiger partial charge on any atom is 0.336 e. The Morgan fingerprint density at radius 1 is 0.893 bits per heavy atom. The Morgan fingerprint density at radius 3 is 2.39 bits per heavy atom. The monoisotopic (exact) mass is 369 g/mol. The van der Waals surface area contributed by atoms with Gasteiger partial charge in [-0.3, -0.25) is 4.79 Å². The number of para-hydroxylation sites is 1. The van der Waals surface area contributed by atoms with E-state index in [0.717, 1.165) is 27.9 Å². The van der Waals surface area contributed by atoms with Crippen molar-refractivity contribution >= 4 is 29.7 Å². The molecule has 0 aliphatic carbocycles. The molecule has 3 aromatic rings. The van der Waals surface area contributed by atoms with Crippen LogP contribution in [0.3, 0.4) is 0 Å². The Hall–Kier alpha value is -3.66. The van der Waals surface area contributed by atoms with Crippen LogP contribution in [0.1, 0.15) is 34.0 Å². The van der Waals surface area contributed by atoms with Gasteiger partial charge in [0.05, 0.1) is 17.8 Å². The van der Waals surface area contributed by atoms with Crippen molar-refractivity contribution in [3.05, 3.63) is 89.0 Å². The van der Waals surface area contributed by atoms with E-state index in [2.05, 4.69) is 0 Å². The third-order valence-corrected chi connectivity index (χ3v) is 4.99. The predicted molar refractivity (Wildman–Crippen MR) is 111 cm³/mol. The van der Waals surface area contributed by atoms with Crippen LogP contribution in [0.4, 0.5) is 5.69 Å². The van der Waals surface area contributed by atoms with Crippen LogP contribution in [-0.2, 0) is 11.3 Å². The second-order valence-corrected chi connectivity index (χ2v) is 6.76. The van der Waals surface area contributed by atoms with Crippen LogP contribution < -0.4 is 4.90 Å². The van der Waals surface area contributed by atoms with Crippen molar-refractivity contribution < 1.29 is 14.7 Å². The molecule has 4 nitrogen and oxygen atoms in total. The SMILES string of the molecule is CC(=O)N1Cc2cc(-c3ccccc3C(=O)O)ccc2C=Cc2ccccc21. The van der Waals surface area contributed by atoms with E-state index < -0.39 is 5.97 Å². The van der Waals surface area contributed by atoms with Crippen molar-refractivity contribution in [1.29, 1.82) is 0 Å². The average Bonchev–Trinajstić information content (AvgIpc) is 2.69. The lowest BCUT2D eigenvalue weighted by atomic mass is 9.94. The van der Waals surface area contributed by atoms with Crippen molar-refractivity contribution in [2.24, 2.45) is 0 Å². The number of carboxylic acid groups (broad SMARTS) is 1. The number of hydrogen-bond acceptors (Lipinski definition) is 2. The molecule has 4 heteroatoms. The highest BCUT2D eigenvalue weighted by molar-refractivity contribution is 5.97. The van der Waals surface area contributed by atoms with E-state index in [1.165, 1.54) is 0 Å². The summed E-state index contributed by atoms with van der Waals surface area (Å²) in [4.78, 5) is 25.7. The molecule has 1 aliphatic heterocycles. The van der Waals surface area contributed by atoms with Crippen molar-refractivity contribution in [3.63, 3.8) is 0 Å². The largest absolute Gasteiger partial charge is 0.478 e. The molecule has 0 aromatic heterocycles. The number of benzene rings is 3. The highest BCUT2D eigenvalue weighted by atomic mass is 16.4. The first-order chi connectivity index (χ1) is 13.5. The van der Waals surface area contributed by atoms with E-state index >= 15 is 0 Å². The van der Waals surface area contributed by atoms with Crippen LogP contribution in [0, 0.1) is 0 Å². The van der Waals surface area contributed by atoms with Gasteiger partial charge in [-0.15, -0.1) is 0 Å². The standard InChI is InChI=1S/C24H19NO3/c1-16(26)25-15-20-14-19(21-7-3-4-8-22(21)24(27)28)13-11-17(20)10-12-18-6-2-5-9-23(18)25/h2-14H,15H2,1H3,(H,27,28). The molecule has 3 aromatic carbocycles. The number of carboxylic acids is 1. The van der Waals surface area contributed by atoms with Gasteiger partial charge < -0.3 is 10.0 Å². The Labute approximate surface area is 163 Å². The minimum Gasteiger partial charge on any atom is -0.478 e. The molecule has 4 rings (SSSR count). The summed E-state index contributed by atoms with van der Waals surface area (Å²) in [5.41, 5.74) is 5.59. The second kappa shape index (κ2) is 7.16. The van der Waals surface area contributed by atoms with Gasteiger partial charge in [-0.05, 0) is 46.0 Å². The lowest BCUT2D eigenvalue weighted by Crippen LogP contribution is -2.29.